The number of alkyl carbamates (subject to hydrolysis) is 1. The first-order valence-electron chi connectivity index (χ1n) is 11.1. The van der Waals surface area contributed by atoms with E-state index >= 15 is 4.39 Å². The monoisotopic (exact) mass is 537 g/mol. The second-order valence-electron chi connectivity index (χ2n) is 9.51. The Balaban J connectivity index is 1.74. The van der Waals surface area contributed by atoms with Gasteiger partial charge in [-0.15, -0.1) is 0 Å². The van der Waals surface area contributed by atoms with Crippen molar-refractivity contribution in [1.29, 1.82) is 0 Å². The number of pyridine rings is 1. The Bertz CT molecular complexity index is 1380. The van der Waals surface area contributed by atoms with Gasteiger partial charge in [-0.1, -0.05) is 0 Å². The Hall–Kier alpha value is -3.65. The van der Waals surface area contributed by atoms with Gasteiger partial charge >= 0.3 is 6.09 Å². The number of fused-ring (bicyclic) bond motifs is 1. The standard InChI is InChI=1S/C23H25F2N5O6S/c1-22(2,3)36-21(32)28-20-29-23(12-35-11-18(23)37(33,34)30(20)4)15-9-14(6-7-16(15)25)27-19(31)17-8-5-13(24)10-26-17/h5-10,18H,11-12H2,1-4H3,(H,27,31)(H,28,29,32)/t18-,23-/m1/s1. The zero-order chi connectivity index (χ0) is 27.2. The Morgan fingerprint density at radius 3 is 2.57 bits per heavy atom. The number of aromatic nitrogens is 1. The van der Waals surface area contributed by atoms with Crippen molar-refractivity contribution >= 4 is 33.7 Å². The lowest BCUT2D eigenvalue weighted by molar-refractivity contribution is 0.0558. The van der Waals surface area contributed by atoms with Crippen molar-refractivity contribution in [1.82, 2.24) is 14.6 Å². The summed E-state index contributed by atoms with van der Waals surface area (Å²) in [6.45, 7) is 4.32. The molecule has 2 aliphatic heterocycles. The van der Waals surface area contributed by atoms with Crippen molar-refractivity contribution in [2.24, 2.45) is 4.99 Å². The third-order valence-electron chi connectivity index (χ3n) is 5.73. The molecule has 2 amide bonds. The fourth-order valence-electron chi connectivity index (χ4n) is 4.01. The van der Waals surface area contributed by atoms with Gasteiger partial charge in [0.05, 0.1) is 19.4 Å². The van der Waals surface area contributed by atoms with Crippen LogP contribution in [0.25, 0.3) is 0 Å². The van der Waals surface area contributed by atoms with E-state index in [9.17, 15) is 22.4 Å². The maximum absolute atomic E-state index is 15.2. The molecule has 2 aromatic rings. The number of ether oxygens (including phenoxy) is 2. The van der Waals surface area contributed by atoms with Crippen LogP contribution in [0.2, 0.25) is 0 Å². The van der Waals surface area contributed by atoms with Crippen molar-refractivity contribution in [2.45, 2.75) is 37.2 Å². The first-order chi connectivity index (χ1) is 17.2. The molecule has 4 rings (SSSR count). The van der Waals surface area contributed by atoms with Crippen LogP contribution in [-0.2, 0) is 25.0 Å². The lowest BCUT2D eigenvalue weighted by atomic mass is 9.88. The SMILES string of the molecule is CN1C(NC(=O)OC(C)(C)C)=N[C@@]2(c3cc(NC(=O)c4ccc(F)cn4)ccc3F)COC[C@H]2S1(=O)=O. The Morgan fingerprint density at radius 1 is 1.19 bits per heavy atom. The molecule has 14 heteroatoms. The molecule has 0 bridgehead atoms. The third-order valence-corrected chi connectivity index (χ3v) is 7.91. The molecule has 198 valence electrons. The van der Waals surface area contributed by atoms with Crippen molar-refractivity contribution in [3.05, 3.63) is 59.4 Å². The van der Waals surface area contributed by atoms with Crippen LogP contribution in [-0.4, -0.2) is 66.8 Å². The van der Waals surface area contributed by atoms with Gasteiger partial charge in [-0.25, -0.2) is 36.3 Å². The number of rotatable bonds is 3. The summed E-state index contributed by atoms with van der Waals surface area (Å²) in [5, 5.41) is 3.55. The van der Waals surface area contributed by atoms with E-state index in [1.807, 2.05) is 0 Å². The fourth-order valence-corrected chi connectivity index (χ4v) is 5.73. The molecule has 3 heterocycles. The van der Waals surface area contributed by atoms with Crippen LogP contribution in [0.1, 0.15) is 36.8 Å². The molecular formula is C23H25F2N5O6S. The van der Waals surface area contributed by atoms with Gasteiger partial charge in [0.15, 0.2) is 0 Å². The van der Waals surface area contributed by atoms with Gasteiger partial charge in [-0.05, 0) is 51.1 Å². The molecular weight excluding hydrogens is 512 g/mol. The molecule has 2 N–H and O–H groups in total. The molecule has 0 spiro atoms. The summed E-state index contributed by atoms with van der Waals surface area (Å²) in [5.41, 5.74) is -2.78. The molecule has 1 fully saturated rings. The first kappa shape index (κ1) is 26.4. The van der Waals surface area contributed by atoms with E-state index in [1.165, 1.54) is 25.2 Å². The number of carbonyl (C=O) groups is 2. The van der Waals surface area contributed by atoms with E-state index in [4.69, 9.17) is 9.47 Å². The van der Waals surface area contributed by atoms with Crippen LogP contribution in [0.15, 0.2) is 41.5 Å². The number of anilines is 1. The summed E-state index contributed by atoms with van der Waals surface area (Å²) >= 11 is 0. The zero-order valence-electron chi connectivity index (χ0n) is 20.4. The van der Waals surface area contributed by atoms with Crippen molar-refractivity contribution in [3.8, 4) is 0 Å². The van der Waals surface area contributed by atoms with Crippen LogP contribution in [0.3, 0.4) is 0 Å². The highest BCUT2D eigenvalue weighted by molar-refractivity contribution is 7.90. The highest BCUT2D eigenvalue weighted by Gasteiger charge is 2.58. The summed E-state index contributed by atoms with van der Waals surface area (Å²) in [6.07, 6.45) is -0.0732. The van der Waals surface area contributed by atoms with E-state index in [1.54, 1.807) is 20.8 Å². The molecule has 1 saturated heterocycles. The highest BCUT2D eigenvalue weighted by atomic mass is 32.2. The molecule has 0 unspecified atom stereocenters. The van der Waals surface area contributed by atoms with E-state index in [0.29, 0.717) is 0 Å². The van der Waals surface area contributed by atoms with Crippen molar-refractivity contribution < 1.29 is 36.3 Å². The molecule has 11 nitrogen and oxygen atoms in total. The third kappa shape index (κ3) is 5.11. The maximum atomic E-state index is 15.2. The van der Waals surface area contributed by atoms with E-state index in [0.717, 1.165) is 22.6 Å². The van der Waals surface area contributed by atoms with Crippen LogP contribution in [0.4, 0.5) is 19.3 Å². The Kier molecular flexibility index (Phi) is 6.67. The second kappa shape index (κ2) is 9.34. The van der Waals surface area contributed by atoms with Crippen LogP contribution in [0.5, 0.6) is 0 Å². The molecule has 0 aliphatic carbocycles. The normalized spacial score (nSPS) is 22.6. The first-order valence-corrected chi connectivity index (χ1v) is 12.6. The van der Waals surface area contributed by atoms with E-state index in [-0.39, 0.29) is 36.1 Å². The number of nitrogens with one attached hydrogen (secondary N) is 2. The molecule has 1 aromatic heterocycles. The lowest BCUT2D eigenvalue weighted by Crippen LogP contribution is -2.59. The summed E-state index contributed by atoms with van der Waals surface area (Å²) in [6, 6.07) is 5.81. The van der Waals surface area contributed by atoms with Crippen LogP contribution in [0, 0.1) is 11.6 Å². The van der Waals surface area contributed by atoms with E-state index in [2.05, 4.69) is 20.6 Å². The van der Waals surface area contributed by atoms with Crippen LogP contribution >= 0.6 is 0 Å². The fraction of sp³-hybridized carbons (Fsp3) is 0.391. The summed E-state index contributed by atoms with van der Waals surface area (Å²) < 4.78 is 66.6. The summed E-state index contributed by atoms with van der Waals surface area (Å²) in [5.74, 6) is -2.49. The molecule has 2 aliphatic rings. The number of sulfonamides is 1. The van der Waals surface area contributed by atoms with E-state index < -0.39 is 50.0 Å². The Labute approximate surface area is 211 Å². The predicted octanol–water partition coefficient (Wildman–Crippen LogP) is 2.36. The van der Waals surface area contributed by atoms with Crippen molar-refractivity contribution in [2.75, 3.05) is 25.6 Å². The number of aliphatic imine (C=N–C) groups is 1. The van der Waals surface area contributed by atoms with Gasteiger partial charge in [0, 0.05) is 18.3 Å². The van der Waals surface area contributed by atoms with Crippen LogP contribution < -0.4 is 10.6 Å². The largest absolute Gasteiger partial charge is 0.444 e. The molecule has 2 atom stereocenters. The smallest absolute Gasteiger partial charge is 0.414 e. The van der Waals surface area contributed by atoms with Gasteiger partial charge in [0.1, 0.15) is 33.7 Å². The number of hydrogen-bond donors (Lipinski definition) is 2. The molecule has 1 aromatic carbocycles. The number of halogens is 2. The predicted molar refractivity (Wildman–Crippen MR) is 128 cm³/mol. The molecule has 0 saturated carbocycles. The summed E-state index contributed by atoms with van der Waals surface area (Å²) in [7, 11) is -2.97. The topological polar surface area (TPSA) is 139 Å². The van der Waals surface area contributed by atoms with Crippen molar-refractivity contribution in [3.63, 3.8) is 0 Å². The number of amides is 2. The number of hydrogen-bond acceptors (Lipinski definition) is 8. The van der Waals surface area contributed by atoms with Gasteiger partial charge < -0.3 is 14.8 Å². The minimum atomic E-state index is -4.18. The van der Waals surface area contributed by atoms with Gasteiger partial charge in [0.25, 0.3) is 5.91 Å². The molecule has 37 heavy (non-hydrogen) atoms. The average Bonchev–Trinajstić information content (AvgIpc) is 3.24. The second-order valence-corrected chi connectivity index (χ2v) is 11.7. The molecule has 0 radical (unpaired) electrons. The number of guanidine groups is 1. The Morgan fingerprint density at radius 2 is 1.92 bits per heavy atom. The highest BCUT2D eigenvalue weighted by Crippen LogP contribution is 2.44. The van der Waals surface area contributed by atoms with Gasteiger partial charge in [-0.2, -0.15) is 0 Å². The average molecular weight is 538 g/mol. The van der Waals surface area contributed by atoms with Gasteiger partial charge in [0.2, 0.25) is 16.0 Å². The minimum absolute atomic E-state index is 0.0868. The number of carbonyl (C=O) groups excluding carboxylic acids is 2. The van der Waals surface area contributed by atoms with Gasteiger partial charge in [-0.3, -0.25) is 10.1 Å². The summed E-state index contributed by atoms with van der Waals surface area (Å²) in [4.78, 5) is 33.1. The number of nitrogens with zero attached hydrogens (tertiary/aromatic N) is 3. The number of benzene rings is 1. The quantitative estimate of drug-likeness (QED) is 0.613. The minimum Gasteiger partial charge on any atom is -0.444 e. The maximum Gasteiger partial charge on any atom is 0.414 e. The zero-order valence-corrected chi connectivity index (χ0v) is 21.2. The lowest BCUT2D eigenvalue weighted by Gasteiger charge is -2.39.